The Labute approximate surface area is 123 Å². The van der Waals surface area contributed by atoms with Gasteiger partial charge in [0.15, 0.2) is 0 Å². The van der Waals surface area contributed by atoms with Crippen LogP contribution in [0.2, 0.25) is 0 Å². The van der Waals surface area contributed by atoms with E-state index in [1.165, 1.54) is 39.2 Å². The van der Waals surface area contributed by atoms with E-state index in [1.54, 1.807) is 0 Å². The lowest BCUT2D eigenvalue weighted by atomic mass is 9.77. The van der Waals surface area contributed by atoms with Gasteiger partial charge in [0.05, 0.1) is 13.5 Å². The number of ether oxygens (including phenoxy) is 1. The number of hydrogen-bond acceptors (Lipinski definition) is 4. The number of carbonyl (C=O) groups is 1. The number of rotatable bonds is 4. The fourth-order valence-electron chi connectivity index (χ4n) is 4.05. The first kappa shape index (κ1) is 15.8. The minimum absolute atomic E-state index is 0.0740. The number of nitrogens with zero attached hydrogens (tertiary/aromatic N) is 1. The van der Waals surface area contributed by atoms with Crippen molar-refractivity contribution in [3.8, 4) is 0 Å². The summed E-state index contributed by atoms with van der Waals surface area (Å²) < 4.78 is 4.87. The summed E-state index contributed by atoms with van der Waals surface area (Å²) in [5, 5.41) is 0. The molecule has 0 aromatic heterocycles. The first-order valence-corrected chi connectivity index (χ1v) is 8.18. The van der Waals surface area contributed by atoms with Gasteiger partial charge in [0.2, 0.25) is 0 Å². The quantitative estimate of drug-likeness (QED) is 0.803. The van der Waals surface area contributed by atoms with E-state index in [9.17, 15) is 4.79 Å². The van der Waals surface area contributed by atoms with Crippen molar-refractivity contribution in [3.63, 3.8) is 0 Å². The molecule has 2 rings (SSSR count). The normalized spacial score (nSPS) is 35.8. The molecule has 1 aliphatic carbocycles. The van der Waals surface area contributed by atoms with Crippen LogP contribution < -0.4 is 5.73 Å². The van der Waals surface area contributed by atoms with Gasteiger partial charge in [-0.3, -0.25) is 9.69 Å². The van der Waals surface area contributed by atoms with Crippen LogP contribution in [0, 0.1) is 11.8 Å². The van der Waals surface area contributed by atoms with E-state index in [2.05, 4.69) is 11.8 Å². The zero-order chi connectivity index (χ0) is 14.5. The van der Waals surface area contributed by atoms with Gasteiger partial charge in [0.25, 0.3) is 0 Å². The van der Waals surface area contributed by atoms with E-state index < -0.39 is 0 Å². The first-order chi connectivity index (χ1) is 9.65. The lowest BCUT2D eigenvalue weighted by molar-refractivity contribution is -0.143. The highest BCUT2D eigenvalue weighted by atomic mass is 16.5. The number of piperidine rings is 1. The monoisotopic (exact) mass is 282 g/mol. The molecule has 4 nitrogen and oxygen atoms in total. The number of carbonyl (C=O) groups excluding carboxylic acids is 1. The molecular formula is C16H30N2O2. The maximum atomic E-state index is 11.7. The van der Waals surface area contributed by atoms with Crippen LogP contribution in [-0.2, 0) is 9.53 Å². The molecule has 2 fully saturated rings. The van der Waals surface area contributed by atoms with Crippen molar-refractivity contribution >= 4 is 5.97 Å². The Bertz CT molecular complexity index is 322. The van der Waals surface area contributed by atoms with Crippen molar-refractivity contribution in [2.24, 2.45) is 17.6 Å². The van der Waals surface area contributed by atoms with Gasteiger partial charge in [-0.15, -0.1) is 0 Å². The average Bonchev–Trinajstić information content (AvgIpc) is 2.47. The molecule has 0 bridgehead atoms. The fourth-order valence-corrected chi connectivity index (χ4v) is 4.05. The third-order valence-corrected chi connectivity index (χ3v) is 5.25. The number of esters is 1. The van der Waals surface area contributed by atoms with Crippen molar-refractivity contribution in [1.29, 1.82) is 0 Å². The van der Waals surface area contributed by atoms with Gasteiger partial charge in [-0.2, -0.15) is 0 Å². The minimum atomic E-state index is -0.0740. The van der Waals surface area contributed by atoms with E-state index in [-0.39, 0.29) is 5.97 Å². The highest BCUT2D eigenvalue weighted by Crippen LogP contribution is 2.35. The number of hydrogen-bond donors (Lipinski definition) is 1. The zero-order valence-electron chi connectivity index (χ0n) is 13.0. The zero-order valence-corrected chi connectivity index (χ0v) is 13.0. The second-order valence-electron chi connectivity index (χ2n) is 6.65. The van der Waals surface area contributed by atoms with E-state index in [1.807, 2.05) is 0 Å². The summed E-state index contributed by atoms with van der Waals surface area (Å²) in [7, 11) is 1.49. The summed E-state index contributed by atoms with van der Waals surface area (Å²) in [6, 6.07) is 0.930. The lowest BCUT2D eigenvalue weighted by Crippen LogP contribution is -2.53. The molecule has 1 saturated carbocycles. The number of nitrogens with two attached hydrogens (primary N) is 1. The van der Waals surface area contributed by atoms with Crippen molar-refractivity contribution in [1.82, 2.24) is 4.90 Å². The number of methoxy groups -OCH3 is 1. The summed E-state index contributed by atoms with van der Waals surface area (Å²) in [6.07, 6.45) is 7.92. The fraction of sp³-hybridized carbons (Fsp3) is 0.938. The SMILES string of the molecule is COC(=O)CC1CCCCN1C1CC(C)CCC1CN. The molecule has 0 radical (unpaired) electrons. The minimum Gasteiger partial charge on any atom is -0.469 e. The third-order valence-electron chi connectivity index (χ3n) is 5.25. The van der Waals surface area contributed by atoms with Gasteiger partial charge in [-0.25, -0.2) is 0 Å². The average molecular weight is 282 g/mol. The van der Waals surface area contributed by atoms with Crippen molar-refractivity contribution in [2.75, 3.05) is 20.2 Å². The van der Waals surface area contributed by atoms with Crippen molar-refractivity contribution in [2.45, 2.75) is 64.0 Å². The van der Waals surface area contributed by atoms with Gasteiger partial charge in [0.1, 0.15) is 0 Å². The molecule has 1 heterocycles. The summed E-state index contributed by atoms with van der Waals surface area (Å²) >= 11 is 0. The predicted molar refractivity (Wildman–Crippen MR) is 80.3 cm³/mol. The summed E-state index contributed by atoms with van der Waals surface area (Å²) in [4.78, 5) is 14.2. The Morgan fingerprint density at radius 3 is 2.80 bits per heavy atom. The van der Waals surface area contributed by atoms with Crippen molar-refractivity contribution in [3.05, 3.63) is 0 Å². The second kappa shape index (κ2) is 7.41. The Morgan fingerprint density at radius 1 is 1.30 bits per heavy atom. The highest BCUT2D eigenvalue weighted by molar-refractivity contribution is 5.69. The Kier molecular flexibility index (Phi) is 5.85. The largest absolute Gasteiger partial charge is 0.469 e. The molecule has 2 aliphatic rings. The number of likely N-dealkylation sites (tertiary alicyclic amines) is 1. The molecule has 116 valence electrons. The molecule has 0 aromatic carbocycles. The van der Waals surface area contributed by atoms with Crippen LogP contribution >= 0.6 is 0 Å². The smallest absolute Gasteiger partial charge is 0.307 e. The Morgan fingerprint density at radius 2 is 2.10 bits per heavy atom. The van der Waals surface area contributed by atoms with E-state index in [0.717, 1.165) is 25.4 Å². The lowest BCUT2D eigenvalue weighted by Gasteiger charge is -2.47. The molecule has 2 N–H and O–H groups in total. The van der Waals surface area contributed by atoms with Crippen LogP contribution in [0.25, 0.3) is 0 Å². The molecule has 1 saturated heterocycles. The standard InChI is InChI=1S/C16H30N2O2/c1-12-6-7-13(11-17)15(9-12)18-8-4-3-5-14(18)10-16(19)20-2/h12-15H,3-11,17H2,1-2H3. The first-order valence-electron chi connectivity index (χ1n) is 8.18. The maximum absolute atomic E-state index is 11.7. The third kappa shape index (κ3) is 3.73. The summed E-state index contributed by atoms with van der Waals surface area (Å²) in [6.45, 7) is 4.24. The topological polar surface area (TPSA) is 55.6 Å². The summed E-state index contributed by atoms with van der Waals surface area (Å²) in [5.41, 5.74) is 6.00. The van der Waals surface area contributed by atoms with Gasteiger partial charge >= 0.3 is 5.97 Å². The van der Waals surface area contributed by atoms with Gasteiger partial charge in [0, 0.05) is 12.1 Å². The van der Waals surface area contributed by atoms with E-state index in [4.69, 9.17) is 10.5 Å². The van der Waals surface area contributed by atoms with Crippen molar-refractivity contribution < 1.29 is 9.53 Å². The van der Waals surface area contributed by atoms with Crippen LogP contribution in [0.5, 0.6) is 0 Å². The Hall–Kier alpha value is -0.610. The highest BCUT2D eigenvalue weighted by Gasteiger charge is 2.37. The van der Waals surface area contributed by atoms with Crippen LogP contribution in [0.4, 0.5) is 0 Å². The molecule has 4 heteroatoms. The Balaban J connectivity index is 2.06. The predicted octanol–water partition coefficient (Wildman–Crippen LogP) is 2.17. The maximum Gasteiger partial charge on any atom is 0.307 e. The molecule has 20 heavy (non-hydrogen) atoms. The van der Waals surface area contributed by atoms with Crippen LogP contribution in [-0.4, -0.2) is 43.2 Å². The molecule has 1 aliphatic heterocycles. The summed E-state index contributed by atoms with van der Waals surface area (Å²) in [5.74, 6) is 1.31. The van der Waals surface area contributed by atoms with E-state index in [0.29, 0.717) is 24.4 Å². The van der Waals surface area contributed by atoms with Gasteiger partial charge < -0.3 is 10.5 Å². The molecule has 0 spiro atoms. The van der Waals surface area contributed by atoms with Crippen LogP contribution in [0.15, 0.2) is 0 Å². The van der Waals surface area contributed by atoms with Gasteiger partial charge in [-0.1, -0.05) is 19.8 Å². The molecule has 0 aromatic rings. The molecule has 0 amide bonds. The van der Waals surface area contributed by atoms with Gasteiger partial charge in [-0.05, 0) is 50.6 Å². The van der Waals surface area contributed by atoms with Crippen LogP contribution in [0.3, 0.4) is 0 Å². The second-order valence-corrected chi connectivity index (χ2v) is 6.65. The molecule has 4 atom stereocenters. The molecular weight excluding hydrogens is 252 g/mol. The van der Waals surface area contributed by atoms with Crippen LogP contribution in [0.1, 0.15) is 51.9 Å². The van der Waals surface area contributed by atoms with E-state index >= 15 is 0 Å². The molecule has 4 unspecified atom stereocenters.